The number of oxime groups is 1. The number of nitrogens with zero attached hydrogens (tertiary/aromatic N) is 2. The fraction of sp³-hybridized carbons (Fsp3) is 0.100. The van der Waals surface area contributed by atoms with Crippen LogP contribution >= 0.6 is 0 Å². The number of aryl methyl sites for hydroxylation is 1. The lowest BCUT2D eigenvalue weighted by Crippen LogP contribution is -1.85. The fourth-order valence-electron chi connectivity index (χ4n) is 1.45. The van der Waals surface area contributed by atoms with Gasteiger partial charge in [0.2, 0.25) is 0 Å². The molecule has 1 aromatic heterocycles. The summed E-state index contributed by atoms with van der Waals surface area (Å²) in [6.45, 7) is 0. The number of benzene rings is 1. The molecule has 1 heterocycles. The molecule has 2 aromatic rings. The molecule has 0 saturated carbocycles. The van der Waals surface area contributed by atoms with Gasteiger partial charge in [0.15, 0.2) is 0 Å². The summed E-state index contributed by atoms with van der Waals surface area (Å²) in [5, 5.41) is 12.5. The van der Waals surface area contributed by atoms with Gasteiger partial charge in [-0.15, -0.1) is 0 Å². The van der Waals surface area contributed by atoms with Crippen LogP contribution in [-0.2, 0) is 7.05 Å². The molecule has 0 fully saturated rings. The lowest BCUT2D eigenvalue weighted by atomic mass is 10.2. The molecule has 0 amide bonds. The molecule has 2 rings (SSSR count). The fourth-order valence-corrected chi connectivity index (χ4v) is 1.45. The second kappa shape index (κ2) is 2.94. The zero-order valence-corrected chi connectivity index (χ0v) is 7.31. The predicted molar refractivity (Wildman–Crippen MR) is 52.3 cm³/mol. The molecule has 0 atom stereocenters. The van der Waals surface area contributed by atoms with E-state index in [1.807, 2.05) is 37.5 Å². The van der Waals surface area contributed by atoms with Gasteiger partial charge < -0.3 is 9.77 Å². The van der Waals surface area contributed by atoms with E-state index in [0.29, 0.717) is 0 Å². The Bertz CT molecular complexity index is 457. The topological polar surface area (TPSA) is 37.5 Å². The van der Waals surface area contributed by atoms with E-state index in [-0.39, 0.29) is 0 Å². The van der Waals surface area contributed by atoms with Crippen molar-refractivity contribution in [1.29, 1.82) is 0 Å². The van der Waals surface area contributed by atoms with E-state index in [2.05, 4.69) is 9.72 Å². The first kappa shape index (κ1) is 7.86. The monoisotopic (exact) mass is 174 g/mol. The molecule has 0 saturated heterocycles. The molecule has 0 aliphatic heterocycles. The van der Waals surface area contributed by atoms with Crippen LogP contribution in [0, 0.1) is 0 Å². The van der Waals surface area contributed by atoms with Gasteiger partial charge in [0.25, 0.3) is 0 Å². The highest BCUT2D eigenvalue weighted by Gasteiger charge is 1.97. The van der Waals surface area contributed by atoms with Gasteiger partial charge in [0.1, 0.15) is 0 Å². The van der Waals surface area contributed by atoms with Gasteiger partial charge >= 0.3 is 0 Å². The van der Waals surface area contributed by atoms with Crippen molar-refractivity contribution >= 4 is 17.1 Å². The van der Waals surface area contributed by atoms with Crippen molar-refractivity contribution in [3.8, 4) is 0 Å². The Morgan fingerprint density at radius 1 is 1.38 bits per heavy atom. The number of hydrogen-bond acceptors (Lipinski definition) is 2. The summed E-state index contributed by atoms with van der Waals surface area (Å²) in [5.41, 5.74) is 2.08. The molecule has 66 valence electrons. The van der Waals surface area contributed by atoms with Crippen molar-refractivity contribution in [2.75, 3.05) is 0 Å². The van der Waals surface area contributed by atoms with Gasteiger partial charge in [0.05, 0.1) is 6.21 Å². The highest BCUT2D eigenvalue weighted by molar-refractivity contribution is 5.89. The minimum Gasteiger partial charge on any atom is -0.411 e. The predicted octanol–water partition coefficient (Wildman–Crippen LogP) is 1.99. The first-order valence-corrected chi connectivity index (χ1v) is 4.04. The quantitative estimate of drug-likeness (QED) is 0.400. The van der Waals surface area contributed by atoms with Gasteiger partial charge in [-0.25, -0.2) is 0 Å². The second-order valence-corrected chi connectivity index (χ2v) is 2.99. The molecular formula is C10H10N2O. The van der Waals surface area contributed by atoms with Crippen LogP contribution in [0.4, 0.5) is 0 Å². The van der Waals surface area contributed by atoms with E-state index < -0.39 is 0 Å². The Hall–Kier alpha value is -1.77. The summed E-state index contributed by atoms with van der Waals surface area (Å²) in [6.07, 6.45) is 3.43. The molecule has 0 aliphatic rings. The first-order valence-electron chi connectivity index (χ1n) is 4.04. The van der Waals surface area contributed by atoms with Crippen LogP contribution in [0.25, 0.3) is 10.9 Å². The Morgan fingerprint density at radius 2 is 2.23 bits per heavy atom. The van der Waals surface area contributed by atoms with Crippen LogP contribution in [0.3, 0.4) is 0 Å². The van der Waals surface area contributed by atoms with Gasteiger partial charge in [-0.1, -0.05) is 11.2 Å². The summed E-state index contributed by atoms with van der Waals surface area (Å²) >= 11 is 0. The van der Waals surface area contributed by atoms with Crippen molar-refractivity contribution in [1.82, 2.24) is 4.57 Å². The maximum Gasteiger partial charge on any atom is 0.0734 e. The highest BCUT2D eigenvalue weighted by atomic mass is 16.4. The summed E-state index contributed by atoms with van der Waals surface area (Å²) in [6, 6.07) is 7.94. The summed E-state index contributed by atoms with van der Waals surface area (Å²) in [5.74, 6) is 0. The van der Waals surface area contributed by atoms with Crippen LogP contribution in [0.15, 0.2) is 35.6 Å². The molecule has 3 nitrogen and oxygen atoms in total. The summed E-state index contributed by atoms with van der Waals surface area (Å²) in [4.78, 5) is 0. The lowest BCUT2D eigenvalue weighted by molar-refractivity contribution is 0.322. The summed E-state index contributed by atoms with van der Waals surface area (Å²) < 4.78 is 2.05. The largest absolute Gasteiger partial charge is 0.411 e. The number of rotatable bonds is 1. The normalized spacial score (nSPS) is 11.5. The summed E-state index contributed by atoms with van der Waals surface area (Å²) in [7, 11) is 2.00. The van der Waals surface area contributed by atoms with E-state index in [0.717, 1.165) is 10.9 Å². The third kappa shape index (κ3) is 1.28. The van der Waals surface area contributed by atoms with Gasteiger partial charge in [0, 0.05) is 24.1 Å². The average molecular weight is 174 g/mol. The van der Waals surface area contributed by atoms with Gasteiger partial charge in [-0.3, -0.25) is 0 Å². The Balaban J connectivity index is 2.63. The van der Waals surface area contributed by atoms with E-state index in [1.54, 1.807) is 0 Å². The van der Waals surface area contributed by atoms with Gasteiger partial charge in [-0.2, -0.15) is 0 Å². The lowest BCUT2D eigenvalue weighted by Gasteiger charge is -1.96. The molecule has 0 radical (unpaired) electrons. The maximum atomic E-state index is 8.36. The van der Waals surface area contributed by atoms with Crippen molar-refractivity contribution in [3.05, 3.63) is 36.0 Å². The zero-order chi connectivity index (χ0) is 9.26. The molecule has 13 heavy (non-hydrogen) atoms. The van der Waals surface area contributed by atoms with Crippen LogP contribution in [0.2, 0.25) is 0 Å². The van der Waals surface area contributed by atoms with Crippen LogP contribution in [0.1, 0.15) is 5.56 Å². The Labute approximate surface area is 75.9 Å². The smallest absolute Gasteiger partial charge is 0.0734 e. The molecule has 0 aliphatic carbocycles. The average Bonchev–Trinajstić information content (AvgIpc) is 2.48. The number of hydrogen-bond donors (Lipinski definition) is 1. The van der Waals surface area contributed by atoms with E-state index >= 15 is 0 Å². The van der Waals surface area contributed by atoms with Crippen LogP contribution < -0.4 is 0 Å². The molecule has 1 aromatic carbocycles. The number of fused-ring (bicyclic) bond motifs is 1. The third-order valence-electron chi connectivity index (χ3n) is 2.12. The molecule has 0 spiro atoms. The Kier molecular flexibility index (Phi) is 1.77. The Morgan fingerprint density at radius 3 is 3.00 bits per heavy atom. The molecular weight excluding hydrogens is 164 g/mol. The minimum absolute atomic E-state index is 0.904. The van der Waals surface area contributed by atoms with Crippen molar-refractivity contribution in [3.63, 3.8) is 0 Å². The van der Waals surface area contributed by atoms with E-state index in [4.69, 9.17) is 5.21 Å². The zero-order valence-electron chi connectivity index (χ0n) is 7.31. The van der Waals surface area contributed by atoms with E-state index in [1.165, 1.54) is 11.7 Å². The highest BCUT2D eigenvalue weighted by Crippen LogP contribution is 2.15. The van der Waals surface area contributed by atoms with Crippen molar-refractivity contribution < 1.29 is 5.21 Å². The van der Waals surface area contributed by atoms with Crippen LogP contribution in [-0.4, -0.2) is 16.0 Å². The third-order valence-corrected chi connectivity index (χ3v) is 2.12. The molecule has 3 heteroatoms. The number of aromatic nitrogens is 1. The van der Waals surface area contributed by atoms with Gasteiger partial charge in [-0.05, 0) is 23.8 Å². The standard InChI is InChI=1S/C10H10N2O/c1-12-5-4-9-6-8(7-11-13)2-3-10(9)12/h2-7,13H,1H3. The maximum absolute atomic E-state index is 8.36. The second-order valence-electron chi connectivity index (χ2n) is 2.99. The minimum atomic E-state index is 0.904. The van der Waals surface area contributed by atoms with Crippen molar-refractivity contribution in [2.45, 2.75) is 0 Å². The molecule has 0 unspecified atom stereocenters. The molecule has 1 N–H and O–H groups in total. The molecule has 0 bridgehead atoms. The van der Waals surface area contributed by atoms with E-state index in [9.17, 15) is 0 Å². The van der Waals surface area contributed by atoms with Crippen molar-refractivity contribution in [2.24, 2.45) is 12.2 Å². The van der Waals surface area contributed by atoms with Crippen LogP contribution in [0.5, 0.6) is 0 Å². The SMILES string of the molecule is Cn1ccc2cc(C=NO)ccc21. The first-order chi connectivity index (χ1) is 6.31.